The quantitative estimate of drug-likeness (QED) is 0.537. The average molecular weight is 308 g/mol. The van der Waals surface area contributed by atoms with Gasteiger partial charge in [-0.2, -0.15) is 0 Å². The average Bonchev–Trinajstić information content (AvgIpc) is 2.78. The summed E-state index contributed by atoms with van der Waals surface area (Å²) < 4.78 is 0.635. The Kier molecular flexibility index (Phi) is 3.96. The molecule has 0 aliphatic rings. The van der Waals surface area contributed by atoms with Crippen molar-refractivity contribution in [2.45, 2.75) is 0 Å². The molecule has 0 saturated heterocycles. The Bertz CT molecular complexity index is 575. The van der Waals surface area contributed by atoms with Gasteiger partial charge in [0.25, 0.3) is 0 Å². The van der Waals surface area contributed by atoms with Gasteiger partial charge >= 0.3 is 109 Å². The van der Waals surface area contributed by atoms with Gasteiger partial charge in [0.15, 0.2) is 0 Å². The van der Waals surface area contributed by atoms with E-state index >= 15 is 0 Å². The van der Waals surface area contributed by atoms with E-state index in [1.807, 2.05) is 23.1 Å². The summed E-state index contributed by atoms with van der Waals surface area (Å²) in [5, 5.41) is 4.99. The fraction of sp³-hybridized carbons (Fsp3) is 0. The Morgan fingerprint density at radius 2 is 2.18 bits per heavy atom. The van der Waals surface area contributed by atoms with Crippen LogP contribution in [0.25, 0.3) is 0 Å². The Morgan fingerprint density at radius 3 is 2.88 bits per heavy atom. The molecular formula is C11H7N3OSSe. The number of carbonyl (C=O) groups excluding carboxylic acids is 1. The summed E-state index contributed by atoms with van der Waals surface area (Å²) in [7, 11) is 0. The number of amides is 1. The molecule has 0 unspecified atom stereocenters. The van der Waals surface area contributed by atoms with Gasteiger partial charge in [0.1, 0.15) is 0 Å². The van der Waals surface area contributed by atoms with E-state index in [0.717, 1.165) is 0 Å². The molecule has 17 heavy (non-hydrogen) atoms. The molecule has 1 heterocycles. The maximum absolute atomic E-state index is 11.8. The van der Waals surface area contributed by atoms with E-state index in [2.05, 4.69) is 32.7 Å². The van der Waals surface area contributed by atoms with Crippen molar-refractivity contribution in [3.8, 4) is 0 Å². The first kappa shape index (κ1) is 11.9. The van der Waals surface area contributed by atoms with Crippen molar-refractivity contribution in [2.75, 3.05) is 5.32 Å². The molecule has 1 amide bonds. The monoisotopic (exact) mass is 309 g/mol. The first-order valence-electron chi connectivity index (χ1n) is 4.69. The fourth-order valence-corrected chi connectivity index (χ4v) is 2.57. The number of nitrogens with one attached hydrogen (secondary N) is 1. The molecule has 2 rings (SSSR count). The van der Waals surface area contributed by atoms with Crippen LogP contribution in [0.3, 0.4) is 0 Å². The minimum absolute atomic E-state index is 0.00451. The predicted molar refractivity (Wildman–Crippen MR) is 70.3 cm³/mol. The number of hydrogen-bond acceptors (Lipinski definition) is 4. The molecule has 4 nitrogen and oxygen atoms in total. The summed E-state index contributed by atoms with van der Waals surface area (Å²) in [6.45, 7) is 0. The number of aliphatic imine (C=N–C) groups is 1. The van der Waals surface area contributed by atoms with Crippen LogP contribution in [0.15, 0.2) is 40.3 Å². The van der Waals surface area contributed by atoms with Crippen LogP contribution in [-0.2, 0) is 0 Å². The molecule has 1 N–H and O–H groups in total. The Balaban J connectivity index is 2.10. The molecule has 0 fully saturated rings. The van der Waals surface area contributed by atoms with E-state index in [9.17, 15) is 4.79 Å². The van der Waals surface area contributed by atoms with Gasteiger partial charge in [0.2, 0.25) is 0 Å². The van der Waals surface area contributed by atoms with Gasteiger partial charge in [-0.25, -0.2) is 0 Å². The molecule has 0 bridgehead atoms. The SMILES string of the molecule is O=C(Nc1nc(N=C=S)c[se]1)c1ccccc1. The zero-order valence-electron chi connectivity index (χ0n) is 8.58. The number of thiocarbonyl (C=S) groups is 1. The summed E-state index contributed by atoms with van der Waals surface area (Å²) in [4.78, 5) is 21.5. The Hall–Kier alpha value is -1.58. The summed E-state index contributed by atoms with van der Waals surface area (Å²) >= 11 is 4.48. The number of benzene rings is 1. The van der Waals surface area contributed by atoms with E-state index < -0.39 is 0 Å². The van der Waals surface area contributed by atoms with Gasteiger partial charge in [-0.3, -0.25) is 0 Å². The van der Waals surface area contributed by atoms with E-state index in [1.54, 1.807) is 12.1 Å². The second-order valence-electron chi connectivity index (χ2n) is 3.03. The predicted octanol–water partition coefficient (Wildman–Crippen LogP) is 2.13. The minimum atomic E-state index is -0.160. The number of aromatic nitrogens is 1. The molecule has 6 heteroatoms. The van der Waals surface area contributed by atoms with Crippen molar-refractivity contribution < 1.29 is 4.79 Å². The van der Waals surface area contributed by atoms with E-state index in [0.29, 0.717) is 16.1 Å². The zero-order valence-corrected chi connectivity index (χ0v) is 11.1. The third-order valence-electron chi connectivity index (χ3n) is 1.91. The van der Waals surface area contributed by atoms with Crippen LogP contribution in [0.1, 0.15) is 10.4 Å². The summed E-state index contributed by atoms with van der Waals surface area (Å²) in [5.74, 6) is 0.357. The maximum atomic E-state index is 11.8. The van der Waals surface area contributed by atoms with Crippen LogP contribution in [0.2, 0.25) is 0 Å². The number of carbonyl (C=O) groups is 1. The topological polar surface area (TPSA) is 54.4 Å². The molecule has 0 aliphatic heterocycles. The second-order valence-corrected chi connectivity index (χ2v) is 5.02. The van der Waals surface area contributed by atoms with Crippen molar-refractivity contribution in [1.82, 2.24) is 4.98 Å². The van der Waals surface area contributed by atoms with E-state index in [-0.39, 0.29) is 20.4 Å². The summed E-state index contributed by atoms with van der Waals surface area (Å²) in [6, 6.07) is 9.00. The first-order chi connectivity index (χ1) is 8.29. The van der Waals surface area contributed by atoms with E-state index in [1.165, 1.54) is 0 Å². The molecule has 1 aromatic heterocycles. The van der Waals surface area contributed by atoms with Crippen molar-refractivity contribution in [3.63, 3.8) is 0 Å². The third-order valence-corrected chi connectivity index (χ3v) is 3.56. The van der Waals surface area contributed by atoms with Crippen molar-refractivity contribution in [1.29, 1.82) is 0 Å². The van der Waals surface area contributed by atoms with Crippen molar-refractivity contribution in [2.24, 2.45) is 4.99 Å². The normalized spacial score (nSPS) is 9.41. The van der Waals surface area contributed by atoms with Gasteiger partial charge in [-0.05, 0) is 0 Å². The second kappa shape index (κ2) is 5.66. The Labute approximate surface area is 109 Å². The standard InChI is InChI=1S/C11H7N3OSSe/c15-10(8-4-2-1-3-5-8)14-11-13-9(6-17-11)12-7-16/h1-6H,(H,13,14,15). The van der Waals surface area contributed by atoms with Crippen LogP contribution in [0, 0.1) is 0 Å². The number of nitrogens with zero attached hydrogens (tertiary/aromatic N) is 2. The molecule has 0 aliphatic carbocycles. The molecule has 2 aromatic rings. The fourth-order valence-electron chi connectivity index (χ4n) is 1.18. The van der Waals surface area contributed by atoms with Gasteiger partial charge in [-0.1, -0.05) is 0 Å². The van der Waals surface area contributed by atoms with Crippen LogP contribution >= 0.6 is 12.2 Å². The van der Waals surface area contributed by atoms with Gasteiger partial charge < -0.3 is 0 Å². The van der Waals surface area contributed by atoms with Gasteiger partial charge in [-0.15, -0.1) is 0 Å². The number of isothiocyanates is 1. The number of hydrogen-bond donors (Lipinski definition) is 1. The summed E-state index contributed by atoms with van der Waals surface area (Å²) in [6.07, 6.45) is 0. The van der Waals surface area contributed by atoms with Crippen LogP contribution < -0.4 is 5.32 Å². The molecule has 0 spiro atoms. The molecule has 0 radical (unpaired) electrons. The molecule has 1 aromatic carbocycles. The Morgan fingerprint density at radius 1 is 1.41 bits per heavy atom. The molecule has 84 valence electrons. The molecule has 0 atom stereocenters. The van der Waals surface area contributed by atoms with Crippen LogP contribution in [0.5, 0.6) is 0 Å². The third kappa shape index (κ3) is 3.19. The summed E-state index contributed by atoms with van der Waals surface area (Å²) in [5.41, 5.74) is 0.609. The first-order valence-corrected chi connectivity index (χ1v) is 6.95. The van der Waals surface area contributed by atoms with E-state index in [4.69, 9.17) is 0 Å². The van der Waals surface area contributed by atoms with Crippen molar-refractivity contribution in [3.05, 3.63) is 40.8 Å². The van der Waals surface area contributed by atoms with Crippen LogP contribution in [0.4, 0.5) is 10.5 Å². The van der Waals surface area contributed by atoms with Gasteiger partial charge in [0, 0.05) is 0 Å². The number of anilines is 1. The molecule has 0 saturated carbocycles. The molecular weight excluding hydrogens is 301 g/mol. The van der Waals surface area contributed by atoms with Crippen molar-refractivity contribution >= 4 is 48.3 Å². The zero-order chi connectivity index (χ0) is 12.1. The van der Waals surface area contributed by atoms with Gasteiger partial charge in [0.05, 0.1) is 0 Å². The number of rotatable bonds is 3. The van der Waals surface area contributed by atoms with Crippen LogP contribution in [-0.4, -0.2) is 30.6 Å².